The Balaban J connectivity index is 1.68. The number of anilines is 1. The van der Waals surface area contributed by atoms with Crippen LogP contribution in [0.3, 0.4) is 0 Å². The van der Waals surface area contributed by atoms with Crippen LogP contribution in [0.25, 0.3) is 21.7 Å². The summed E-state index contributed by atoms with van der Waals surface area (Å²) in [7, 11) is 0. The fraction of sp³-hybridized carbons (Fsp3) is 0.0556. The normalized spacial score (nSPS) is 11.0. The van der Waals surface area contributed by atoms with E-state index in [2.05, 4.69) is 52.8 Å². The van der Waals surface area contributed by atoms with Crippen LogP contribution in [0, 0.1) is 0 Å². The van der Waals surface area contributed by atoms with Crippen molar-refractivity contribution in [3.8, 4) is 0 Å². The van der Waals surface area contributed by atoms with Gasteiger partial charge in [-0.3, -0.25) is 0 Å². The monoisotopic (exact) mass is 274 g/mol. The van der Waals surface area contributed by atoms with Gasteiger partial charge in [0.1, 0.15) is 11.4 Å². The van der Waals surface area contributed by atoms with E-state index in [0.29, 0.717) is 0 Å². The third kappa shape index (κ3) is 2.13. The fourth-order valence-electron chi connectivity index (χ4n) is 2.66. The van der Waals surface area contributed by atoms with E-state index >= 15 is 0 Å². The van der Waals surface area contributed by atoms with Crippen LogP contribution in [0.2, 0.25) is 0 Å². The van der Waals surface area contributed by atoms with Crippen LogP contribution in [0.5, 0.6) is 0 Å². The first-order valence-electron chi connectivity index (χ1n) is 6.94. The predicted octanol–water partition coefficient (Wildman–Crippen LogP) is 4.59. The van der Waals surface area contributed by atoms with Gasteiger partial charge in [0.05, 0.1) is 11.6 Å². The zero-order valence-electron chi connectivity index (χ0n) is 11.4. The van der Waals surface area contributed by atoms with Crippen LogP contribution in [-0.2, 0) is 6.54 Å². The third-order valence-electron chi connectivity index (χ3n) is 3.71. The van der Waals surface area contributed by atoms with E-state index in [-0.39, 0.29) is 0 Å². The Labute approximate surface area is 122 Å². The Morgan fingerprint density at radius 1 is 0.905 bits per heavy atom. The molecule has 3 heteroatoms. The quantitative estimate of drug-likeness (QED) is 0.593. The van der Waals surface area contributed by atoms with Crippen molar-refractivity contribution in [2.75, 3.05) is 5.32 Å². The maximum atomic E-state index is 5.40. The van der Waals surface area contributed by atoms with Crippen LogP contribution in [0.1, 0.15) is 5.56 Å². The average molecular weight is 274 g/mol. The molecular weight excluding hydrogens is 260 g/mol. The summed E-state index contributed by atoms with van der Waals surface area (Å²) in [5, 5.41) is 6.95. The van der Waals surface area contributed by atoms with Crippen LogP contribution in [0.4, 0.5) is 5.82 Å². The number of furan rings is 1. The first kappa shape index (κ1) is 12.0. The molecule has 0 saturated carbocycles. The molecule has 1 N–H and O–H groups in total. The number of nitrogens with zero attached hydrogens (tertiary/aromatic N) is 1. The second kappa shape index (κ2) is 4.94. The number of hydrogen-bond donors (Lipinski definition) is 1. The Morgan fingerprint density at radius 3 is 2.81 bits per heavy atom. The molecule has 0 radical (unpaired) electrons. The molecule has 0 spiro atoms. The van der Waals surface area contributed by atoms with E-state index in [1.165, 1.54) is 16.3 Å². The molecule has 0 unspecified atom stereocenters. The second-order valence-corrected chi connectivity index (χ2v) is 4.98. The lowest BCUT2D eigenvalue weighted by atomic mass is 10.0. The molecule has 4 aromatic rings. The Hall–Kier alpha value is -2.81. The van der Waals surface area contributed by atoms with Crippen molar-refractivity contribution in [3.63, 3.8) is 0 Å². The van der Waals surface area contributed by atoms with Crippen molar-refractivity contribution < 1.29 is 4.42 Å². The van der Waals surface area contributed by atoms with Gasteiger partial charge >= 0.3 is 0 Å². The van der Waals surface area contributed by atoms with Crippen molar-refractivity contribution in [1.82, 2.24) is 4.98 Å². The van der Waals surface area contributed by atoms with E-state index in [1.807, 2.05) is 12.1 Å². The highest BCUT2D eigenvalue weighted by atomic mass is 16.3. The lowest BCUT2D eigenvalue weighted by Crippen LogP contribution is -2.02. The molecule has 102 valence electrons. The minimum atomic E-state index is 0.735. The molecule has 0 aliphatic heterocycles. The highest BCUT2D eigenvalue weighted by Crippen LogP contribution is 2.24. The molecule has 0 amide bonds. The summed E-state index contributed by atoms with van der Waals surface area (Å²) in [6, 6.07) is 18.6. The smallest absolute Gasteiger partial charge is 0.139 e. The molecule has 2 aromatic carbocycles. The third-order valence-corrected chi connectivity index (χ3v) is 3.71. The summed E-state index contributed by atoms with van der Waals surface area (Å²) in [5.41, 5.74) is 2.11. The minimum absolute atomic E-state index is 0.735. The van der Waals surface area contributed by atoms with Crippen molar-refractivity contribution in [2.45, 2.75) is 6.54 Å². The summed E-state index contributed by atoms with van der Waals surface area (Å²) in [6.45, 7) is 0.735. The van der Waals surface area contributed by atoms with Crippen LogP contribution in [0.15, 0.2) is 71.5 Å². The molecule has 4 rings (SSSR count). The topological polar surface area (TPSA) is 38.1 Å². The van der Waals surface area contributed by atoms with Gasteiger partial charge in [-0.25, -0.2) is 4.98 Å². The first-order valence-corrected chi connectivity index (χ1v) is 6.94. The van der Waals surface area contributed by atoms with Gasteiger partial charge < -0.3 is 9.73 Å². The molecule has 21 heavy (non-hydrogen) atoms. The molecule has 2 aromatic heterocycles. The van der Waals surface area contributed by atoms with Crippen molar-refractivity contribution >= 4 is 27.6 Å². The Morgan fingerprint density at radius 2 is 1.81 bits per heavy atom. The molecule has 0 aliphatic rings. The minimum Gasteiger partial charge on any atom is -0.464 e. The van der Waals surface area contributed by atoms with Crippen LogP contribution in [-0.4, -0.2) is 4.98 Å². The van der Waals surface area contributed by atoms with Crippen LogP contribution >= 0.6 is 0 Å². The molecule has 0 fully saturated rings. The van der Waals surface area contributed by atoms with Gasteiger partial charge in [0.25, 0.3) is 0 Å². The molecule has 0 aliphatic carbocycles. The summed E-state index contributed by atoms with van der Waals surface area (Å²) >= 11 is 0. The zero-order chi connectivity index (χ0) is 14.1. The van der Waals surface area contributed by atoms with E-state index in [9.17, 15) is 0 Å². The SMILES string of the molecule is c1ccc2c(CNc3nccc4occc34)cccc2c1. The maximum absolute atomic E-state index is 5.40. The van der Waals surface area contributed by atoms with Crippen molar-refractivity contribution in [2.24, 2.45) is 0 Å². The van der Waals surface area contributed by atoms with Gasteiger partial charge in [0.15, 0.2) is 0 Å². The van der Waals surface area contributed by atoms with Crippen molar-refractivity contribution in [1.29, 1.82) is 0 Å². The highest BCUT2D eigenvalue weighted by Gasteiger charge is 2.05. The zero-order valence-corrected chi connectivity index (χ0v) is 11.4. The average Bonchev–Trinajstić information content (AvgIpc) is 3.02. The van der Waals surface area contributed by atoms with Gasteiger partial charge in [-0.15, -0.1) is 0 Å². The summed E-state index contributed by atoms with van der Waals surface area (Å²) in [6.07, 6.45) is 3.45. The lowest BCUT2D eigenvalue weighted by Gasteiger charge is -2.09. The Bertz CT molecular complexity index is 906. The number of nitrogens with one attached hydrogen (secondary N) is 1. The van der Waals surface area contributed by atoms with E-state index in [0.717, 1.165) is 23.3 Å². The molecule has 2 heterocycles. The van der Waals surface area contributed by atoms with Crippen molar-refractivity contribution in [3.05, 3.63) is 72.6 Å². The van der Waals surface area contributed by atoms with Gasteiger partial charge in [0.2, 0.25) is 0 Å². The van der Waals surface area contributed by atoms with Gasteiger partial charge in [-0.05, 0) is 28.5 Å². The van der Waals surface area contributed by atoms with Gasteiger partial charge in [-0.2, -0.15) is 0 Å². The first-order chi connectivity index (χ1) is 10.4. The molecule has 0 atom stereocenters. The number of fused-ring (bicyclic) bond motifs is 2. The largest absolute Gasteiger partial charge is 0.464 e. The number of hydrogen-bond acceptors (Lipinski definition) is 3. The molecule has 0 bridgehead atoms. The van der Waals surface area contributed by atoms with Gasteiger partial charge in [0, 0.05) is 12.7 Å². The maximum Gasteiger partial charge on any atom is 0.139 e. The standard InChI is InChI=1S/C18H14N2O/c1-2-7-15-13(4-1)5-3-6-14(15)12-20-18-16-9-11-21-17(16)8-10-19-18/h1-11H,12H2,(H,19,20). The lowest BCUT2D eigenvalue weighted by molar-refractivity contribution is 0.615. The molecule has 0 saturated heterocycles. The Kier molecular flexibility index (Phi) is 2.82. The predicted molar refractivity (Wildman–Crippen MR) is 85.3 cm³/mol. The summed E-state index contributed by atoms with van der Waals surface area (Å²) in [5.74, 6) is 0.856. The van der Waals surface area contributed by atoms with Gasteiger partial charge in [-0.1, -0.05) is 42.5 Å². The highest BCUT2D eigenvalue weighted by molar-refractivity contribution is 5.89. The number of pyridine rings is 1. The van der Waals surface area contributed by atoms with Crippen LogP contribution < -0.4 is 5.32 Å². The van der Waals surface area contributed by atoms with E-state index in [1.54, 1.807) is 12.5 Å². The number of rotatable bonds is 3. The number of benzene rings is 2. The summed E-state index contributed by atoms with van der Waals surface area (Å²) < 4.78 is 5.40. The van der Waals surface area contributed by atoms with E-state index < -0.39 is 0 Å². The number of aromatic nitrogens is 1. The fourth-order valence-corrected chi connectivity index (χ4v) is 2.66. The summed E-state index contributed by atoms with van der Waals surface area (Å²) in [4.78, 5) is 4.40. The second-order valence-electron chi connectivity index (χ2n) is 4.98. The molecule has 3 nitrogen and oxygen atoms in total. The van der Waals surface area contributed by atoms with E-state index in [4.69, 9.17) is 4.42 Å². The molecular formula is C18H14N2O.